The van der Waals surface area contributed by atoms with Gasteiger partial charge in [0.2, 0.25) is 6.29 Å². The van der Waals surface area contributed by atoms with Gasteiger partial charge in [-0.3, -0.25) is 9.59 Å². The van der Waals surface area contributed by atoms with Gasteiger partial charge >= 0.3 is 5.97 Å². The van der Waals surface area contributed by atoms with Gasteiger partial charge in [0.15, 0.2) is 6.29 Å². The lowest BCUT2D eigenvalue weighted by atomic mass is 9.75. The van der Waals surface area contributed by atoms with Crippen LogP contribution in [0.2, 0.25) is 0 Å². The molecule has 1 fully saturated rings. The third kappa shape index (κ3) is 5.44. The van der Waals surface area contributed by atoms with Crippen molar-refractivity contribution in [3.05, 3.63) is 23.8 Å². The minimum absolute atomic E-state index is 0.201. The van der Waals surface area contributed by atoms with Gasteiger partial charge in [-0.15, -0.1) is 0 Å². The highest BCUT2D eigenvalue weighted by molar-refractivity contribution is 5.80. The van der Waals surface area contributed by atoms with Crippen molar-refractivity contribution in [1.82, 2.24) is 0 Å². The van der Waals surface area contributed by atoms with Gasteiger partial charge in [-0.1, -0.05) is 0 Å². The van der Waals surface area contributed by atoms with Gasteiger partial charge in [0, 0.05) is 13.2 Å². The Morgan fingerprint density at radius 2 is 2.16 bits per heavy atom. The molecule has 1 unspecified atom stereocenters. The number of benzene rings is 1. The molecule has 7 heteroatoms. The standard InChI is InChI=1S/C18H24O7/c1-3-24-17(11-23-10-12-6-13(7-12)18(20)21)25-16-5-4-15(22-2)8-14(16)9-19/h4-5,8-9,12-13,17H,3,6-7,10-11H2,1-2H3,(H,20,21). The van der Waals surface area contributed by atoms with E-state index in [0.717, 1.165) is 0 Å². The monoisotopic (exact) mass is 352 g/mol. The summed E-state index contributed by atoms with van der Waals surface area (Å²) in [5.41, 5.74) is 0.368. The average molecular weight is 352 g/mol. The fraction of sp³-hybridized carbons (Fsp3) is 0.556. The Kier molecular flexibility index (Phi) is 7.21. The zero-order chi connectivity index (χ0) is 18.2. The van der Waals surface area contributed by atoms with Crippen LogP contribution in [0.3, 0.4) is 0 Å². The highest BCUT2D eigenvalue weighted by atomic mass is 16.7. The van der Waals surface area contributed by atoms with Crippen LogP contribution >= 0.6 is 0 Å². The number of aldehydes is 1. The van der Waals surface area contributed by atoms with Crippen LogP contribution in [-0.4, -0.2) is 50.6 Å². The van der Waals surface area contributed by atoms with Crippen LogP contribution < -0.4 is 9.47 Å². The molecule has 7 nitrogen and oxygen atoms in total. The largest absolute Gasteiger partial charge is 0.497 e. The molecule has 0 radical (unpaired) electrons. The topological polar surface area (TPSA) is 91.3 Å². The third-order valence-corrected chi connectivity index (χ3v) is 4.15. The smallest absolute Gasteiger partial charge is 0.306 e. The molecule has 1 aliphatic carbocycles. The molecule has 0 aromatic heterocycles. The molecule has 0 bridgehead atoms. The minimum atomic E-state index is -0.743. The summed E-state index contributed by atoms with van der Waals surface area (Å²) in [5, 5.41) is 8.87. The quantitative estimate of drug-likeness (QED) is 0.483. The van der Waals surface area contributed by atoms with Crippen molar-refractivity contribution < 1.29 is 33.6 Å². The predicted octanol–water partition coefficient (Wildman–Crippen LogP) is 2.38. The molecule has 0 spiro atoms. The number of carbonyl (C=O) groups excluding carboxylic acids is 1. The van der Waals surface area contributed by atoms with E-state index in [-0.39, 0.29) is 18.4 Å². The minimum Gasteiger partial charge on any atom is -0.497 e. The van der Waals surface area contributed by atoms with E-state index in [1.165, 1.54) is 7.11 Å². The molecule has 25 heavy (non-hydrogen) atoms. The van der Waals surface area contributed by atoms with E-state index in [0.29, 0.717) is 49.4 Å². The van der Waals surface area contributed by atoms with Gasteiger partial charge in [-0.25, -0.2) is 0 Å². The van der Waals surface area contributed by atoms with Crippen LogP contribution in [0.25, 0.3) is 0 Å². The molecule has 1 N–H and O–H groups in total. The molecule has 0 heterocycles. The molecule has 0 amide bonds. The lowest BCUT2D eigenvalue weighted by molar-refractivity contribution is -0.149. The molecule has 1 atom stereocenters. The summed E-state index contributed by atoms with van der Waals surface area (Å²) in [6.45, 7) is 2.95. The lowest BCUT2D eigenvalue weighted by Crippen LogP contribution is -2.34. The number of hydrogen-bond donors (Lipinski definition) is 1. The summed E-state index contributed by atoms with van der Waals surface area (Å²) in [6, 6.07) is 4.94. The maximum atomic E-state index is 11.2. The van der Waals surface area contributed by atoms with Gasteiger partial charge in [-0.05, 0) is 43.9 Å². The van der Waals surface area contributed by atoms with Crippen molar-refractivity contribution in [2.24, 2.45) is 11.8 Å². The second-order valence-corrected chi connectivity index (χ2v) is 5.93. The highest BCUT2D eigenvalue weighted by Crippen LogP contribution is 2.34. The van der Waals surface area contributed by atoms with E-state index in [4.69, 9.17) is 24.1 Å². The first-order valence-corrected chi connectivity index (χ1v) is 8.29. The van der Waals surface area contributed by atoms with E-state index in [1.807, 2.05) is 6.92 Å². The highest BCUT2D eigenvalue weighted by Gasteiger charge is 2.34. The Morgan fingerprint density at radius 1 is 1.40 bits per heavy atom. The van der Waals surface area contributed by atoms with Crippen LogP contribution in [0, 0.1) is 11.8 Å². The Bertz CT molecular complexity index is 581. The summed E-state index contributed by atoms with van der Waals surface area (Å²) in [6.07, 6.45) is 1.33. The van der Waals surface area contributed by atoms with Gasteiger partial charge in [0.1, 0.15) is 18.1 Å². The molecule has 1 aliphatic rings. The Hall–Kier alpha value is -2.12. The molecule has 1 aromatic rings. The zero-order valence-corrected chi connectivity index (χ0v) is 14.5. The summed E-state index contributed by atoms with van der Waals surface area (Å²) in [7, 11) is 1.52. The molecule has 2 rings (SSSR count). The van der Waals surface area contributed by atoms with Gasteiger partial charge in [0.25, 0.3) is 0 Å². The van der Waals surface area contributed by atoms with E-state index in [1.54, 1.807) is 18.2 Å². The molecule has 0 aliphatic heterocycles. The van der Waals surface area contributed by atoms with Crippen molar-refractivity contribution >= 4 is 12.3 Å². The summed E-state index contributed by atoms with van der Waals surface area (Å²) in [5.74, 6) is 0.230. The third-order valence-electron chi connectivity index (χ3n) is 4.15. The molecule has 1 aromatic carbocycles. The average Bonchev–Trinajstić information content (AvgIpc) is 2.56. The first-order chi connectivity index (χ1) is 12.1. The molecule has 138 valence electrons. The van der Waals surface area contributed by atoms with Gasteiger partial charge in [-0.2, -0.15) is 0 Å². The molecular formula is C18H24O7. The first kappa shape index (κ1) is 19.2. The van der Waals surface area contributed by atoms with E-state index < -0.39 is 12.3 Å². The summed E-state index contributed by atoms with van der Waals surface area (Å²) >= 11 is 0. The normalized spacial score (nSPS) is 20.4. The number of hydrogen-bond acceptors (Lipinski definition) is 6. The predicted molar refractivity (Wildman–Crippen MR) is 89.1 cm³/mol. The number of carboxylic acid groups (broad SMARTS) is 1. The Balaban J connectivity index is 1.84. The maximum absolute atomic E-state index is 11.2. The first-order valence-electron chi connectivity index (χ1n) is 8.29. The van der Waals surface area contributed by atoms with E-state index in [9.17, 15) is 9.59 Å². The van der Waals surface area contributed by atoms with Gasteiger partial charge in [0.05, 0.1) is 18.6 Å². The van der Waals surface area contributed by atoms with Crippen molar-refractivity contribution in [2.75, 3.05) is 26.9 Å². The maximum Gasteiger partial charge on any atom is 0.306 e. The van der Waals surface area contributed by atoms with Crippen LogP contribution in [0.4, 0.5) is 0 Å². The Morgan fingerprint density at radius 3 is 2.76 bits per heavy atom. The number of methoxy groups -OCH3 is 1. The van der Waals surface area contributed by atoms with Crippen molar-refractivity contribution in [2.45, 2.75) is 26.1 Å². The molecule has 1 saturated carbocycles. The molecular weight excluding hydrogens is 328 g/mol. The zero-order valence-electron chi connectivity index (χ0n) is 14.5. The van der Waals surface area contributed by atoms with Crippen molar-refractivity contribution in [1.29, 1.82) is 0 Å². The fourth-order valence-electron chi connectivity index (χ4n) is 2.70. The summed E-state index contributed by atoms with van der Waals surface area (Å²) in [4.78, 5) is 22.0. The second kappa shape index (κ2) is 9.39. The van der Waals surface area contributed by atoms with Gasteiger partial charge < -0.3 is 24.1 Å². The second-order valence-electron chi connectivity index (χ2n) is 5.93. The lowest BCUT2D eigenvalue weighted by Gasteiger charge is -2.32. The SMILES string of the molecule is CCOC(COCC1CC(C(=O)O)C1)Oc1ccc(OC)cc1C=O. The number of rotatable bonds is 11. The van der Waals surface area contributed by atoms with E-state index in [2.05, 4.69) is 0 Å². The van der Waals surface area contributed by atoms with Crippen molar-refractivity contribution in [3.63, 3.8) is 0 Å². The van der Waals surface area contributed by atoms with Crippen molar-refractivity contribution in [3.8, 4) is 11.5 Å². The van der Waals surface area contributed by atoms with E-state index >= 15 is 0 Å². The number of ether oxygens (including phenoxy) is 4. The summed E-state index contributed by atoms with van der Waals surface area (Å²) < 4.78 is 21.9. The van der Waals surface area contributed by atoms with Crippen LogP contribution in [0.15, 0.2) is 18.2 Å². The number of carboxylic acids is 1. The number of carbonyl (C=O) groups is 2. The van der Waals surface area contributed by atoms with Crippen LogP contribution in [-0.2, 0) is 14.3 Å². The Labute approximate surface area is 146 Å². The van der Waals surface area contributed by atoms with Crippen LogP contribution in [0.1, 0.15) is 30.1 Å². The van der Waals surface area contributed by atoms with Crippen LogP contribution in [0.5, 0.6) is 11.5 Å². The number of aliphatic carboxylic acids is 1. The fourth-order valence-corrected chi connectivity index (χ4v) is 2.70. The molecule has 0 saturated heterocycles.